The molecular weight excluding hydrogens is 536 g/mol. The molecule has 0 heterocycles. The fourth-order valence-electron chi connectivity index (χ4n) is 2.83. The number of benzene rings is 3. The van der Waals surface area contributed by atoms with Gasteiger partial charge in [0.05, 0.1) is 23.3 Å². The summed E-state index contributed by atoms with van der Waals surface area (Å²) in [5, 5.41) is 17.2. The van der Waals surface area contributed by atoms with Crippen molar-refractivity contribution in [2.75, 3.05) is 12.4 Å². The van der Waals surface area contributed by atoms with E-state index in [-0.39, 0.29) is 22.7 Å². The van der Waals surface area contributed by atoms with Gasteiger partial charge >= 0.3 is 17.8 Å². The summed E-state index contributed by atoms with van der Waals surface area (Å²) in [6.45, 7) is 1.60. The summed E-state index contributed by atoms with van der Waals surface area (Å²) in [5.41, 5.74) is 3.48. The van der Waals surface area contributed by atoms with E-state index < -0.39 is 22.7 Å². The third-order valence-electron chi connectivity index (χ3n) is 4.73. The Balaban J connectivity index is 1.65. The molecule has 0 radical (unpaired) electrons. The topological polar surface area (TPSA) is 149 Å². The zero-order valence-corrected chi connectivity index (χ0v) is 20.6. The Morgan fingerprint density at radius 1 is 0.917 bits per heavy atom. The van der Waals surface area contributed by atoms with Crippen LogP contribution in [0.5, 0.6) is 11.5 Å². The highest BCUT2D eigenvalue weighted by molar-refractivity contribution is 9.10. The van der Waals surface area contributed by atoms with Crippen molar-refractivity contribution in [3.05, 3.63) is 92.4 Å². The SMILES string of the molecule is COc1cc(/C(C)=N/NC(=O)C(=O)Nc2ccc(Br)cc2)ccc1OC(=O)c1ccc([N+](=O)[O-])cc1. The lowest BCUT2D eigenvalue weighted by molar-refractivity contribution is -0.384. The van der Waals surface area contributed by atoms with E-state index >= 15 is 0 Å². The number of esters is 1. The molecule has 0 aliphatic rings. The van der Waals surface area contributed by atoms with Gasteiger partial charge < -0.3 is 14.8 Å². The number of nitro benzene ring substituents is 1. The van der Waals surface area contributed by atoms with E-state index in [1.165, 1.54) is 43.5 Å². The van der Waals surface area contributed by atoms with E-state index in [0.29, 0.717) is 17.0 Å². The van der Waals surface area contributed by atoms with Gasteiger partial charge in [-0.15, -0.1) is 0 Å². The average Bonchev–Trinajstić information content (AvgIpc) is 2.88. The molecule has 3 rings (SSSR count). The summed E-state index contributed by atoms with van der Waals surface area (Å²) in [7, 11) is 1.38. The minimum Gasteiger partial charge on any atom is -0.493 e. The van der Waals surface area contributed by atoms with E-state index in [2.05, 4.69) is 31.8 Å². The Morgan fingerprint density at radius 3 is 2.17 bits per heavy atom. The van der Waals surface area contributed by atoms with Crippen molar-refractivity contribution in [2.24, 2.45) is 5.10 Å². The lowest BCUT2D eigenvalue weighted by Gasteiger charge is -2.11. The van der Waals surface area contributed by atoms with Gasteiger partial charge in [-0.25, -0.2) is 10.2 Å². The summed E-state index contributed by atoms with van der Waals surface area (Å²) in [6, 6.07) is 16.2. The van der Waals surface area contributed by atoms with Crippen molar-refractivity contribution < 1.29 is 28.8 Å². The first-order chi connectivity index (χ1) is 17.2. The van der Waals surface area contributed by atoms with E-state index in [9.17, 15) is 24.5 Å². The largest absolute Gasteiger partial charge is 0.493 e. The number of halogens is 1. The number of hydrazone groups is 1. The van der Waals surface area contributed by atoms with Gasteiger partial charge in [0.1, 0.15) is 0 Å². The molecule has 0 unspecified atom stereocenters. The molecule has 0 aromatic heterocycles. The summed E-state index contributed by atoms with van der Waals surface area (Å²) >= 11 is 3.28. The molecule has 0 atom stereocenters. The van der Waals surface area contributed by atoms with Crippen LogP contribution < -0.4 is 20.2 Å². The number of nitrogens with one attached hydrogen (secondary N) is 2. The number of amides is 2. The predicted octanol–water partition coefficient (Wildman–Crippen LogP) is 4.06. The maximum absolute atomic E-state index is 12.4. The number of rotatable bonds is 7. The van der Waals surface area contributed by atoms with Crippen LogP contribution in [0.1, 0.15) is 22.8 Å². The summed E-state index contributed by atoms with van der Waals surface area (Å²) < 4.78 is 11.5. The van der Waals surface area contributed by atoms with Gasteiger partial charge in [0, 0.05) is 27.9 Å². The zero-order valence-electron chi connectivity index (χ0n) is 19.0. The van der Waals surface area contributed by atoms with Gasteiger partial charge in [0.15, 0.2) is 11.5 Å². The third-order valence-corrected chi connectivity index (χ3v) is 5.26. The number of methoxy groups -OCH3 is 1. The van der Waals surface area contributed by atoms with E-state index in [4.69, 9.17) is 9.47 Å². The molecule has 0 saturated heterocycles. The van der Waals surface area contributed by atoms with Crippen molar-refractivity contribution in [3.63, 3.8) is 0 Å². The molecule has 3 aromatic carbocycles. The fourth-order valence-corrected chi connectivity index (χ4v) is 3.09. The monoisotopic (exact) mass is 554 g/mol. The number of nitro groups is 1. The first kappa shape index (κ1) is 26.0. The third kappa shape index (κ3) is 6.73. The maximum atomic E-state index is 12.4. The van der Waals surface area contributed by atoms with Crippen LogP contribution in [-0.2, 0) is 9.59 Å². The highest BCUT2D eigenvalue weighted by atomic mass is 79.9. The first-order valence-corrected chi connectivity index (χ1v) is 11.0. The number of carbonyl (C=O) groups excluding carboxylic acids is 3. The second-order valence-corrected chi connectivity index (χ2v) is 8.07. The standard InChI is InChI=1S/C24H19BrN4O7/c1-14(27-28-23(31)22(30)26-18-8-6-17(25)7-9-18)16-5-12-20(21(13-16)35-2)36-24(32)15-3-10-19(11-4-15)29(33)34/h3-13H,1-2H3,(H,26,30)(H,28,31)/b27-14+. The van der Waals surface area contributed by atoms with Crippen LogP contribution in [0, 0.1) is 10.1 Å². The molecule has 0 spiro atoms. The van der Waals surface area contributed by atoms with Crippen molar-refractivity contribution in [2.45, 2.75) is 6.92 Å². The highest BCUT2D eigenvalue weighted by Gasteiger charge is 2.16. The van der Waals surface area contributed by atoms with Crippen LogP contribution in [-0.4, -0.2) is 35.5 Å². The van der Waals surface area contributed by atoms with E-state index in [0.717, 1.165) is 4.47 Å². The molecule has 11 nitrogen and oxygen atoms in total. The number of non-ortho nitro benzene ring substituents is 1. The molecule has 2 N–H and O–H groups in total. The predicted molar refractivity (Wildman–Crippen MR) is 134 cm³/mol. The highest BCUT2D eigenvalue weighted by Crippen LogP contribution is 2.29. The van der Waals surface area contributed by atoms with Crippen molar-refractivity contribution in [1.29, 1.82) is 0 Å². The number of hydrogen-bond acceptors (Lipinski definition) is 8. The van der Waals surface area contributed by atoms with Crippen LogP contribution in [0.2, 0.25) is 0 Å². The number of carbonyl (C=O) groups is 3. The molecule has 0 fully saturated rings. The van der Waals surface area contributed by atoms with Crippen LogP contribution in [0.3, 0.4) is 0 Å². The number of nitrogens with zero attached hydrogens (tertiary/aromatic N) is 2. The Morgan fingerprint density at radius 2 is 1.56 bits per heavy atom. The second kappa shape index (κ2) is 11.7. The van der Waals surface area contributed by atoms with Gasteiger partial charge in [-0.1, -0.05) is 15.9 Å². The quantitative estimate of drug-likeness (QED) is 0.112. The van der Waals surface area contributed by atoms with Gasteiger partial charge in [0.25, 0.3) is 5.69 Å². The van der Waals surface area contributed by atoms with Crippen molar-refractivity contribution >= 4 is 50.8 Å². The van der Waals surface area contributed by atoms with Crippen LogP contribution in [0.25, 0.3) is 0 Å². The molecule has 0 saturated carbocycles. The van der Waals surface area contributed by atoms with Crippen LogP contribution in [0.15, 0.2) is 76.3 Å². The van der Waals surface area contributed by atoms with Gasteiger partial charge in [-0.2, -0.15) is 5.10 Å². The number of ether oxygens (including phenoxy) is 2. The lowest BCUT2D eigenvalue weighted by atomic mass is 10.1. The van der Waals surface area contributed by atoms with Gasteiger partial charge in [0.2, 0.25) is 0 Å². The van der Waals surface area contributed by atoms with Gasteiger partial charge in [-0.05, 0) is 61.5 Å². The fraction of sp³-hybridized carbons (Fsp3) is 0.0833. The molecule has 0 aliphatic carbocycles. The number of anilines is 1. The van der Waals surface area contributed by atoms with Crippen molar-refractivity contribution in [1.82, 2.24) is 5.43 Å². The summed E-state index contributed by atoms with van der Waals surface area (Å²) in [6.07, 6.45) is 0. The normalized spacial score (nSPS) is 10.8. The minimum atomic E-state index is -0.960. The minimum absolute atomic E-state index is 0.107. The van der Waals surface area contributed by atoms with Crippen molar-refractivity contribution in [3.8, 4) is 11.5 Å². The van der Waals surface area contributed by atoms with Crippen LogP contribution in [0.4, 0.5) is 11.4 Å². The molecule has 0 aliphatic heterocycles. The molecular formula is C24H19BrN4O7. The Kier molecular flexibility index (Phi) is 8.47. The number of hydrogen-bond donors (Lipinski definition) is 2. The molecule has 0 bridgehead atoms. The Labute approximate surface area is 213 Å². The molecule has 12 heteroatoms. The molecule has 3 aromatic rings. The zero-order chi connectivity index (χ0) is 26.2. The Bertz CT molecular complexity index is 1340. The average molecular weight is 555 g/mol. The Hall–Kier alpha value is -4.58. The first-order valence-electron chi connectivity index (χ1n) is 10.2. The smallest absolute Gasteiger partial charge is 0.343 e. The van der Waals surface area contributed by atoms with E-state index in [1.54, 1.807) is 37.3 Å². The molecule has 184 valence electrons. The molecule has 2 amide bonds. The summed E-state index contributed by atoms with van der Waals surface area (Å²) in [5.74, 6) is -2.27. The van der Waals surface area contributed by atoms with Crippen LogP contribution >= 0.6 is 15.9 Å². The second-order valence-electron chi connectivity index (χ2n) is 7.16. The maximum Gasteiger partial charge on any atom is 0.343 e. The molecule has 36 heavy (non-hydrogen) atoms. The summed E-state index contributed by atoms with van der Waals surface area (Å²) in [4.78, 5) is 46.7. The van der Waals surface area contributed by atoms with E-state index in [1.807, 2.05) is 0 Å². The lowest BCUT2D eigenvalue weighted by Crippen LogP contribution is -2.32. The van der Waals surface area contributed by atoms with Gasteiger partial charge in [-0.3, -0.25) is 19.7 Å².